The molecule has 136 valence electrons. The van der Waals surface area contributed by atoms with Crippen molar-refractivity contribution in [3.05, 3.63) is 70.2 Å². The smallest absolute Gasteiger partial charge is 0.258 e. The third kappa shape index (κ3) is 4.51. The third-order valence-corrected chi connectivity index (χ3v) is 4.16. The molecule has 0 aliphatic rings. The zero-order valence-corrected chi connectivity index (χ0v) is 15.1. The quantitative estimate of drug-likeness (QED) is 0.472. The minimum absolute atomic E-state index is 0.0634. The largest absolute Gasteiger partial charge is 0.871 e. The molecule has 2 rings (SSSR count). The highest BCUT2D eigenvalue weighted by molar-refractivity contribution is 6.07. The number of pyridine rings is 1. The van der Waals surface area contributed by atoms with Crippen LogP contribution in [0.3, 0.4) is 0 Å². The first-order valence-corrected chi connectivity index (χ1v) is 8.46. The Kier molecular flexibility index (Phi) is 6.17. The van der Waals surface area contributed by atoms with Gasteiger partial charge in [0.25, 0.3) is 5.56 Å². The topological polar surface area (TPSA) is 93.2 Å². The molecule has 1 heterocycles. The number of aromatic hydroxyl groups is 1. The Bertz CT molecular complexity index is 905. The van der Waals surface area contributed by atoms with Gasteiger partial charge in [0.05, 0.1) is 5.56 Å². The number of carbonyl (C=O) groups excluding carboxylic acids is 1. The molecule has 0 fully saturated rings. The molecular formula is C21H22NO4-. The second-order valence-electron chi connectivity index (χ2n) is 6.28. The van der Waals surface area contributed by atoms with E-state index in [9.17, 15) is 19.8 Å². The first-order valence-electron chi connectivity index (χ1n) is 8.46. The summed E-state index contributed by atoms with van der Waals surface area (Å²) < 4.78 is 0. The van der Waals surface area contributed by atoms with E-state index in [-0.39, 0.29) is 11.3 Å². The molecule has 5 heteroatoms. The van der Waals surface area contributed by atoms with Crippen molar-refractivity contribution in [2.24, 2.45) is 5.92 Å². The number of nitrogens with one attached hydrogen (secondary N) is 1. The molecule has 0 spiro atoms. The van der Waals surface area contributed by atoms with Gasteiger partial charge in [-0.3, -0.25) is 9.59 Å². The summed E-state index contributed by atoms with van der Waals surface area (Å²) in [6.45, 7) is 6.01. The number of aromatic amines is 1. The summed E-state index contributed by atoms with van der Waals surface area (Å²) in [5.74, 6) is -0.814. The lowest BCUT2D eigenvalue weighted by molar-refractivity contribution is -0.267. The first-order chi connectivity index (χ1) is 12.3. The predicted molar refractivity (Wildman–Crippen MR) is 100 cm³/mol. The van der Waals surface area contributed by atoms with Crippen molar-refractivity contribution in [3.8, 4) is 22.6 Å². The fourth-order valence-electron chi connectivity index (χ4n) is 2.51. The molecule has 1 atom stereocenters. The van der Waals surface area contributed by atoms with Crippen molar-refractivity contribution < 1.29 is 15.0 Å². The molecule has 1 aromatic carbocycles. The molecular weight excluding hydrogens is 330 g/mol. The van der Waals surface area contributed by atoms with E-state index >= 15 is 0 Å². The lowest BCUT2D eigenvalue weighted by Crippen LogP contribution is -2.20. The SMILES string of the molecule is CCC(C)/C=C(C)/C=C/C(=O)c1c([O-])c(-c2ccc(O)cc2)c[nH]c1=O. The van der Waals surface area contributed by atoms with Crippen LogP contribution in [-0.4, -0.2) is 15.9 Å². The molecule has 5 nitrogen and oxygen atoms in total. The maximum absolute atomic E-state index is 12.6. The van der Waals surface area contributed by atoms with E-state index in [1.165, 1.54) is 24.4 Å². The fraction of sp³-hybridized carbons (Fsp3) is 0.238. The number of hydrogen-bond acceptors (Lipinski definition) is 4. The Morgan fingerprint density at radius 3 is 2.54 bits per heavy atom. The lowest BCUT2D eigenvalue weighted by atomic mass is 10.0. The van der Waals surface area contributed by atoms with Gasteiger partial charge in [-0.2, -0.15) is 0 Å². The Morgan fingerprint density at radius 1 is 1.27 bits per heavy atom. The summed E-state index contributed by atoms with van der Waals surface area (Å²) in [5, 5.41) is 22.0. The minimum atomic E-state index is -0.712. The molecule has 1 aromatic heterocycles. The van der Waals surface area contributed by atoms with Gasteiger partial charge in [-0.05, 0) is 42.2 Å². The number of ketones is 1. The van der Waals surface area contributed by atoms with Crippen molar-refractivity contribution in [3.63, 3.8) is 0 Å². The Labute approximate surface area is 152 Å². The summed E-state index contributed by atoms with van der Waals surface area (Å²) in [5.41, 5.74) is 0.480. The van der Waals surface area contributed by atoms with Gasteiger partial charge in [0.2, 0.25) is 0 Å². The van der Waals surface area contributed by atoms with Gasteiger partial charge < -0.3 is 15.2 Å². The lowest BCUT2D eigenvalue weighted by Gasteiger charge is -2.16. The normalized spacial score (nSPS) is 13.1. The number of phenolic OH excluding ortho intramolecular Hbond substituents is 1. The second-order valence-corrected chi connectivity index (χ2v) is 6.28. The van der Waals surface area contributed by atoms with E-state index in [1.807, 2.05) is 13.0 Å². The van der Waals surface area contributed by atoms with E-state index in [2.05, 4.69) is 18.8 Å². The maximum Gasteiger partial charge on any atom is 0.258 e. The maximum atomic E-state index is 12.6. The van der Waals surface area contributed by atoms with Crippen LogP contribution in [0.2, 0.25) is 0 Å². The number of H-pyrrole nitrogens is 1. The molecule has 0 saturated heterocycles. The van der Waals surface area contributed by atoms with Gasteiger partial charge in [0.1, 0.15) is 5.75 Å². The van der Waals surface area contributed by atoms with Crippen LogP contribution in [0, 0.1) is 5.92 Å². The standard InChI is InChI=1S/C21H23NO4/c1-4-13(2)11-14(3)5-10-18(24)19-20(25)17(12-22-21(19)26)15-6-8-16(23)9-7-15/h5-13,23H,4H2,1-3H3,(H2,22,25,26)/p-1/b10-5+,14-11+. The van der Waals surface area contributed by atoms with E-state index in [4.69, 9.17) is 0 Å². The monoisotopic (exact) mass is 352 g/mol. The van der Waals surface area contributed by atoms with Gasteiger partial charge in [0.15, 0.2) is 5.78 Å². The Morgan fingerprint density at radius 2 is 1.92 bits per heavy atom. The van der Waals surface area contributed by atoms with E-state index in [0.717, 1.165) is 12.0 Å². The van der Waals surface area contributed by atoms with Crippen molar-refractivity contribution >= 4 is 5.78 Å². The van der Waals surface area contributed by atoms with E-state index < -0.39 is 22.7 Å². The van der Waals surface area contributed by atoms with Crippen LogP contribution in [0.1, 0.15) is 37.6 Å². The molecule has 0 aliphatic heterocycles. The number of hydrogen-bond donors (Lipinski definition) is 2. The minimum Gasteiger partial charge on any atom is -0.871 e. The van der Waals surface area contributed by atoms with Crippen LogP contribution < -0.4 is 10.7 Å². The number of rotatable bonds is 6. The molecule has 26 heavy (non-hydrogen) atoms. The molecule has 0 saturated carbocycles. The van der Waals surface area contributed by atoms with Crippen molar-refractivity contribution in [2.45, 2.75) is 27.2 Å². The van der Waals surface area contributed by atoms with Crippen LogP contribution in [-0.2, 0) is 0 Å². The molecule has 2 N–H and O–H groups in total. The van der Waals surface area contributed by atoms with Gasteiger partial charge in [-0.15, -0.1) is 0 Å². The molecule has 0 radical (unpaired) electrons. The number of carbonyl (C=O) groups is 1. The Hall–Kier alpha value is -3.08. The van der Waals surface area contributed by atoms with Crippen molar-refractivity contribution in [1.29, 1.82) is 0 Å². The predicted octanol–water partition coefficient (Wildman–Crippen LogP) is 3.55. The van der Waals surface area contributed by atoms with Crippen LogP contribution in [0.4, 0.5) is 0 Å². The summed E-state index contributed by atoms with van der Waals surface area (Å²) in [6, 6.07) is 5.97. The first kappa shape index (κ1) is 19.2. The highest BCUT2D eigenvalue weighted by Crippen LogP contribution is 2.29. The zero-order chi connectivity index (χ0) is 19.3. The van der Waals surface area contributed by atoms with Crippen molar-refractivity contribution in [2.75, 3.05) is 0 Å². The van der Waals surface area contributed by atoms with Gasteiger partial charge in [0, 0.05) is 6.20 Å². The van der Waals surface area contributed by atoms with Crippen LogP contribution in [0.25, 0.3) is 11.1 Å². The highest BCUT2D eigenvalue weighted by atomic mass is 16.3. The average molecular weight is 352 g/mol. The van der Waals surface area contributed by atoms with E-state index in [1.54, 1.807) is 18.2 Å². The summed E-state index contributed by atoms with van der Waals surface area (Å²) in [6.07, 6.45) is 7.16. The van der Waals surface area contributed by atoms with Crippen LogP contribution >= 0.6 is 0 Å². The highest BCUT2D eigenvalue weighted by Gasteiger charge is 2.12. The Balaban J connectivity index is 2.39. The summed E-state index contributed by atoms with van der Waals surface area (Å²) in [4.78, 5) is 26.9. The average Bonchev–Trinajstić information content (AvgIpc) is 2.61. The molecule has 1 unspecified atom stereocenters. The van der Waals surface area contributed by atoms with Gasteiger partial charge >= 0.3 is 0 Å². The number of benzene rings is 1. The number of aromatic nitrogens is 1. The number of phenols is 1. The molecule has 0 amide bonds. The molecule has 0 bridgehead atoms. The fourth-order valence-corrected chi connectivity index (χ4v) is 2.51. The summed E-state index contributed by atoms with van der Waals surface area (Å²) >= 11 is 0. The third-order valence-electron chi connectivity index (χ3n) is 4.16. The zero-order valence-electron chi connectivity index (χ0n) is 15.1. The van der Waals surface area contributed by atoms with Gasteiger partial charge in [-0.1, -0.05) is 55.9 Å². The van der Waals surface area contributed by atoms with E-state index in [0.29, 0.717) is 11.5 Å². The van der Waals surface area contributed by atoms with Gasteiger partial charge in [-0.25, -0.2) is 0 Å². The number of allylic oxidation sites excluding steroid dienone is 4. The molecule has 2 aromatic rings. The van der Waals surface area contributed by atoms with Crippen LogP contribution in [0.15, 0.2) is 59.1 Å². The second kappa shape index (κ2) is 8.34. The van der Waals surface area contributed by atoms with Crippen LogP contribution in [0.5, 0.6) is 11.5 Å². The summed E-state index contributed by atoms with van der Waals surface area (Å²) in [7, 11) is 0. The molecule has 0 aliphatic carbocycles. The van der Waals surface area contributed by atoms with Crippen molar-refractivity contribution in [1.82, 2.24) is 4.98 Å².